The lowest BCUT2D eigenvalue weighted by molar-refractivity contribution is -0.135. The Hall–Kier alpha value is -2.82. The summed E-state index contributed by atoms with van der Waals surface area (Å²) in [5, 5.41) is 3.01. The van der Waals surface area contributed by atoms with Crippen LogP contribution in [0.5, 0.6) is 0 Å². The summed E-state index contributed by atoms with van der Waals surface area (Å²) in [5.41, 5.74) is 4.76. The molecule has 2 aliphatic rings. The number of nitrogens with zero attached hydrogens (tertiary/aromatic N) is 2. The maximum absolute atomic E-state index is 12.8. The minimum absolute atomic E-state index is 0.00463. The number of anilines is 1. The molecule has 2 aromatic rings. The molecule has 0 radical (unpaired) electrons. The van der Waals surface area contributed by atoms with Crippen LogP contribution in [0.3, 0.4) is 0 Å². The van der Waals surface area contributed by atoms with Crippen molar-refractivity contribution < 1.29 is 9.59 Å². The average molecular weight is 392 g/mol. The zero-order chi connectivity index (χ0) is 20.4. The van der Waals surface area contributed by atoms with Crippen LogP contribution in [0, 0.1) is 25.7 Å². The van der Waals surface area contributed by atoms with Crippen LogP contribution in [-0.4, -0.2) is 42.9 Å². The van der Waals surface area contributed by atoms with Gasteiger partial charge in [0.2, 0.25) is 11.8 Å². The zero-order valence-electron chi connectivity index (χ0n) is 17.2. The molecule has 0 spiro atoms. The van der Waals surface area contributed by atoms with Crippen LogP contribution in [0.15, 0.2) is 48.5 Å². The van der Waals surface area contributed by atoms with Crippen molar-refractivity contribution in [3.63, 3.8) is 0 Å². The van der Waals surface area contributed by atoms with E-state index in [2.05, 4.69) is 41.4 Å². The van der Waals surface area contributed by atoms with Gasteiger partial charge in [0.25, 0.3) is 0 Å². The van der Waals surface area contributed by atoms with Gasteiger partial charge < -0.3 is 15.1 Å². The fourth-order valence-corrected chi connectivity index (χ4v) is 4.12. The molecule has 29 heavy (non-hydrogen) atoms. The summed E-state index contributed by atoms with van der Waals surface area (Å²) in [7, 11) is 0. The Morgan fingerprint density at radius 2 is 1.72 bits per heavy atom. The number of benzene rings is 2. The van der Waals surface area contributed by atoms with Gasteiger partial charge in [0.1, 0.15) is 0 Å². The highest BCUT2D eigenvalue weighted by molar-refractivity contribution is 5.92. The van der Waals surface area contributed by atoms with Gasteiger partial charge in [0, 0.05) is 38.4 Å². The Labute approximate surface area is 172 Å². The molecule has 2 amide bonds. The Morgan fingerprint density at radius 3 is 2.45 bits per heavy atom. The molecule has 2 atom stereocenters. The Balaban J connectivity index is 1.25. The maximum atomic E-state index is 12.8. The predicted molar refractivity (Wildman–Crippen MR) is 115 cm³/mol. The van der Waals surface area contributed by atoms with Gasteiger partial charge in [0.05, 0.1) is 11.8 Å². The first-order chi connectivity index (χ1) is 14.0. The molecular formula is C24H29N3O2. The Morgan fingerprint density at radius 1 is 0.966 bits per heavy atom. The molecule has 2 fully saturated rings. The van der Waals surface area contributed by atoms with Crippen molar-refractivity contribution in [1.29, 1.82) is 0 Å². The van der Waals surface area contributed by atoms with Crippen molar-refractivity contribution >= 4 is 17.5 Å². The van der Waals surface area contributed by atoms with Crippen LogP contribution in [-0.2, 0) is 16.1 Å². The van der Waals surface area contributed by atoms with E-state index in [0.717, 1.165) is 31.7 Å². The molecule has 1 heterocycles. The van der Waals surface area contributed by atoms with Gasteiger partial charge in [0.15, 0.2) is 0 Å². The predicted octanol–water partition coefficient (Wildman–Crippen LogP) is 2.90. The molecule has 152 valence electrons. The second-order valence-corrected chi connectivity index (χ2v) is 8.24. The van der Waals surface area contributed by atoms with Crippen LogP contribution in [0.4, 0.5) is 5.69 Å². The van der Waals surface area contributed by atoms with E-state index in [0.29, 0.717) is 13.0 Å². The van der Waals surface area contributed by atoms with E-state index >= 15 is 0 Å². The van der Waals surface area contributed by atoms with Crippen molar-refractivity contribution in [3.8, 4) is 0 Å². The quantitative estimate of drug-likeness (QED) is 0.853. The van der Waals surface area contributed by atoms with Gasteiger partial charge in [-0.2, -0.15) is 0 Å². The standard InChI is InChI=1S/C24H29N3O2/c1-17-6-5-9-20(14-17)26-10-12-27(13-11-26)24(29)22-15-21(22)23(28)25-16-19-8-4-3-7-18(19)2/h3-9,14,21-22H,10-13,15-16H2,1-2H3,(H,25,28). The minimum atomic E-state index is -0.165. The summed E-state index contributed by atoms with van der Waals surface area (Å²) < 4.78 is 0. The molecule has 1 aliphatic heterocycles. The molecule has 2 aromatic carbocycles. The molecule has 4 rings (SSSR count). The smallest absolute Gasteiger partial charge is 0.226 e. The molecule has 1 saturated heterocycles. The van der Waals surface area contributed by atoms with Gasteiger partial charge in [-0.05, 0) is 49.1 Å². The summed E-state index contributed by atoms with van der Waals surface area (Å²) in [4.78, 5) is 29.6. The maximum Gasteiger partial charge on any atom is 0.226 e. The first kappa shape index (κ1) is 19.5. The number of amides is 2. The lowest BCUT2D eigenvalue weighted by Gasteiger charge is -2.36. The third kappa shape index (κ3) is 4.44. The number of hydrogen-bond acceptors (Lipinski definition) is 3. The number of rotatable bonds is 5. The normalized spacial score (nSPS) is 21.0. The van der Waals surface area contributed by atoms with Crippen LogP contribution in [0.25, 0.3) is 0 Å². The molecule has 0 bridgehead atoms. The van der Waals surface area contributed by atoms with Gasteiger partial charge in [-0.25, -0.2) is 0 Å². The lowest BCUT2D eigenvalue weighted by atomic mass is 10.1. The fraction of sp³-hybridized carbons (Fsp3) is 0.417. The van der Waals surface area contributed by atoms with Crippen LogP contribution >= 0.6 is 0 Å². The third-order valence-corrected chi connectivity index (χ3v) is 6.12. The van der Waals surface area contributed by atoms with E-state index in [1.165, 1.54) is 16.8 Å². The van der Waals surface area contributed by atoms with E-state index in [4.69, 9.17) is 0 Å². The summed E-state index contributed by atoms with van der Waals surface area (Å²) in [5.74, 6) is -0.159. The molecule has 1 N–H and O–H groups in total. The zero-order valence-corrected chi connectivity index (χ0v) is 17.2. The average Bonchev–Trinajstić information content (AvgIpc) is 3.54. The van der Waals surface area contributed by atoms with Crippen molar-refractivity contribution in [1.82, 2.24) is 10.2 Å². The van der Waals surface area contributed by atoms with E-state index < -0.39 is 0 Å². The van der Waals surface area contributed by atoms with Crippen LogP contribution in [0.1, 0.15) is 23.1 Å². The van der Waals surface area contributed by atoms with Gasteiger partial charge >= 0.3 is 0 Å². The molecular weight excluding hydrogens is 362 g/mol. The molecule has 2 unspecified atom stereocenters. The topological polar surface area (TPSA) is 52.7 Å². The first-order valence-corrected chi connectivity index (χ1v) is 10.5. The summed E-state index contributed by atoms with van der Waals surface area (Å²) in [6.45, 7) is 7.79. The van der Waals surface area contributed by atoms with Crippen LogP contribution in [0.2, 0.25) is 0 Å². The van der Waals surface area contributed by atoms with Crippen molar-refractivity contribution in [3.05, 3.63) is 65.2 Å². The van der Waals surface area contributed by atoms with Gasteiger partial charge in [-0.1, -0.05) is 36.4 Å². The van der Waals surface area contributed by atoms with E-state index in [1.54, 1.807) is 0 Å². The van der Waals surface area contributed by atoms with E-state index in [1.807, 2.05) is 36.1 Å². The van der Waals surface area contributed by atoms with Gasteiger partial charge in [-0.3, -0.25) is 9.59 Å². The van der Waals surface area contributed by atoms with Crippen molar-refractivity contribution in [2.24, 2.45) is 11.8 Å². The number of aryl methyl sites for hydroxylation is 2. The number of nitrogens with one attached hydrogen (secondary N) is 1. The Bertz CT molecular complexity index is 903. The highest BCUT2D eigenvalue weighted by atomic mass is 16.2. The fourth-order valence-electron chi connectivity index (χ4n) is 4.12. The minimum Gasteiger partial charge on any atom is -0.368 e. The SMILES string of the molecule is Cc1cccc(N2CCN(C(=O)C3CC3C(=O)NCc3ccccc3C)CC2)c1. The van der Waals surface area contributed by atoms with E-state index in [9.17, 15) is 9.59 Å². The molecule has 1 saturated carbocycles. The molecule has 0 aromatic heterocycles. The summed E-state index contributed by atoms with van der Waals surface area (Å²) in [6.07, 6.45) is 0.677. The molecule has 1 aliphatic carbocycles. The lowest BCUT2D eigenvalue weighted by Crippen LogP contribution is -2.49. The monoisotopic (exact) mass is 391 g/mol. The second kappa shape index (κ2) is 8.27. The van der Waals surface area contributed by atoms with Crippen molar-refractivity contribution in [2.75, 3.05) is 31.1 Å². The van der Waals surface area contributed by atoms with Crippen molar-refractivity contribution in [2.45, 2.75) is 26.8 Å². The molecule has 5 heteroatoms. The second-order valence-electron chi connectivity index (χ2n) is 8.24. The number of piperazine rings is 1. The molecule has 5 nitrogen and oxygen atoms in total. The van der Waals surface area contributed by atoms with E-state index in [-0.39, 0.29) is 23.7 Å². The first-order valence-electron chi connectivity index (χ1n) is 10.5. The number of hydrogen-bond donors (Lipinski definition) is 1. The highest BCUT2D eigenvalue weighted by Crippen LogP contribution is 2.40. The Kier molecular flexibility index (Phi) is 5.56. The summed E-state index contributed by atoms with van der Waals surface area (Å²) >= 11 is 0. The highest BCUT2D eigenvalue weighted by Gasteiger charge is 2.49. The summed E-state index contributed by atoms with van der Waals surface area (Å²) in [6, 6.07) is 16.5. The number of carbonyl (C=O) groups excluding carboxylic acids is 2. The third-order valence-electron chi connectivity index (χ3n) is 6.12. The largest absolute Gasteiger partial charge is 0.368 e. The number of carbonyl (C=O) groups is 2. The van der Waals surface area contributed by atoms with Gasteiger partial charge in [-0.15, -0.1) is 0 Å². The van der Waals surface area contributed by atoms with Crippen LogP contribution < -0.4 is 10.2 Å².